The highest BCUT2D eigenvalue weighted by molar-refractivity contribution is 5.48. The maximum absolute atomic E-state index is 11.4. The van der Waals surface area contributed by atoms with Crippen molar-refractivity contribution >= 4 is 0 Å². The molecule has 1 aromatic carbocycles. The number of aliphatic hydroxyl groups is 1. The molecule has 4 saturated carbocycles. The first-order chi connectivity index (χ1) is 15.9. The van der Waals surface area contributed by atoms with E-state index in [1.54, 1.807) is 7.11 Å². The average molecular weight is 451 g/mol. The van der Waals surface area contributed by atoms with Gasteiger partial charge in [-0.2, -0.15) is 0 Å². The van der Waals surface area contributed by atoms with Crippen LogP contribution in [0.3, 0.4) is 0 Å². The normalized spacial score (nSPS) is 37.7. The van der Waals surface area contributed by atoms with Crippen molar-refractivity contribution in [2.45, 2.75) is 75.6 Å². The second kappa shape index (κ2) is 9.05. The first kappa shape index (κ1) is 22.9. The van der Waals surface area contributed by atoms with Gasteiger partial charge in [0.1, 0.15) is 11.4 Å². The van der Waals surface area contributed by atoms with Gasteiger partial charge in [0.2, 0.25) is 0 Å². The summed E-state index contributed by atoms with van der Waals surface area (Å²) in [5, 5.41) is 11.4. The largest absolute Gasteiger partial charge is 0.467 e. The summed E-state index contributed by atoms with van der Waals surface area (Å²) in [6, 6.07) is 6.55. The maximum atomic E-state index is 11.4. The lowest BCUT2D eigenvalue weighted by Gasteiger charge is -2.57. The lowest BCUT2D eigenvalue weighted by Crippen LogP contribution is -2.48. The fourth-order valence-electron chi connectivity index (χ4n) is 7.43. The number of ether oxygens (including phenoxy) is 3. The van der Waals surface area contributed by atoms with E-state index >= 15 is 0 Å². The molecule has 5 aliphatic carbocycles. The lowest BCUT2D eigenvalue weighted by molar-refractivity contribution is -0.150. The fourth-order valence-corrected chi connectivity index (χ4v) is 7.43. The van der Waals surface area contributed by atoms with E-state index in [0.717, 1.165) is 29.1 Å². The van der Waals surface area contributed by atoms with E-state index in [1.807, 2.05) is 44.2 Å². The highest BCUT2D eigenvalue weighted by Crippen LogP contribution is 2.62. The van der Waals surface area contributed by atoms with E-state index in [2.05, 4.69) is 24.3 Å². The Morgan fingerprint density at radius 3 is 2.42 bits per heavy atom. The van der Waals surface area contributed by atoms with Gasteiger partial charge in [0.05, 0.1) is 0 Å². The van der Waals surface area contributed by atoms with Crippen molar-refractivity contribution in [2.75, 3.05) is 13.9 Å². The molecule has 4 heteroatoms. The average Bonchev–Trinajstić information content (AvgIpc) is 2.78. The molecule has 0 heterocycles. The van der Waals surface area contributed by atoms with Crippen LogP contribution < -0.4 is 4.74 Å². The minimum Gasteiger partial charge on any atom is -0.467 e. The summed E-state index contributed by atoms with van der Waals surface area (Å²) in [7, 11) is 1.64. The number of hydrogen-bond donors (Lipinski definition) is 1. The van der Waals surface area contributed by atoms with Crippen molar-refractivity contribution in [3.8, 4) is 5.75 Å². The summed E-state index contributed by atoms with van der Waals surface area (Å²) < 4.78 is 17.1. The third-order valence-corrected chi connectivity index (χ3v) is 8.53. The second-order valence-electron chi connectivity index (χ2n) is 10.8. The smallest absolute Gasteiger partial charge is 0.191 e. The molecule has 33 heavy (non-hydrogen) atoms. The van der Waals surface area contributed by atoms with Gasteiger partial charge in [-0.1, -0.05) is 42.5 Å². The van der Waals surface area contributed by atoms with Gasteiger partial charge in [0.15, 0.2) is 13.1 Å². The maximum Gasteiger partial charge on any atom is 0.191 e. The Labute approximate surface area is 198 Å². The highest BCUT2D eigenvalue weighted by Gasteiger charge is 2.52. The van der Waals surface area contributed by atoms with Gasteiger partial charge in [-0.3, -0.25) is 0 Å². The molecule has 0 spiro atoms. The van der Waals surface area contributed by atoms with Crippen molar-refractivity contribution in [3.05, 3.63) is 65.8 Å². The van der Waals surface area contributed by atoms with Crippen molar-refractivity contribution in [2.24, 2.45) is 17.8 Å². The summed E-state index contributed by atoms with van der Waals surface area (Å²) in [5.74, 6) is 3.33. The van der Waals surface area contributed by atoms with Crippen molar-refractivity contribution in [3.63, 3.8) is 0 Å². The van der Waals surface area contributed by atoms with E-state index in [9.17, 15) is 5.11 Å². The Morgan fingerprint density at radius 2 is 1.79 bits per heavy atom. The summed E-state index contributed by atoms with van der Waals surface area (Å²) in [6.45, 7) is 4.00. The molecule has 178 valence electrons. The first-order valence-electron chi connectivity index (χ1n) is 12.6. The summed E-state index contributed by atoms with van der Waals surface area (Å²) in [5.41, 5.74) is 1.63. The van der Waals surface area contributed by atoms with Crippen LogP contribution in [-0.4, -0.2) is 30.9 Å². The molecule has 3 unspecified atom stereocenters. The van der Waals surface area contributed by atoms with Crippen LogP contribution in [0.5, 0.6) is 5.75 Å². The number of rotatable bonds is 8. The SMILES string of the molecule is CC=CC1(O)C=CC=CC1c1ccc(OCOC(C)OC)c(C23CC4CC(CC(C4)C2)C3)c1. The van der Waals surface area contributed by atoms with Gasteiger partial charge in [0, 0.05) is 18.6 Å². The third kappa shape index (κ3) is 4.34. The van der Waals surface area contributed by atoms with Crippen LogP contribution in [0, 0.1) is 17.8 Å². The molecule has 0 amide bonds. The Hall–Kier alpha value is -1.88. The van der Waals surface area contributed by atoms with Crippen LogP contribution in [0.4, 0.5) is 0 Å². The molecular weight excluding hydrogens is 412 g/mol. The minimum absolute atomic E-state index is 0.120. The molecule has 5 aliphatic rings. The number of methoxy groups -OCH3 is 1. The van der Waals surface area contributed by atoms with Gasteiger partial charge in [-0.25, -0.2) is 0 Å². The molecule has 0 aliphatic heterocycles. The molecule has 0 saturated heterocycles. The van der Waals surface area contributed by atoms with Crippen LogP contribution in [0.2, 0.25) is 0 Å². The topological polar surface area (TPSA) is 47.9 Å². The van der Waals surface area contributed by atoms with Gasteiger partial charge in [-0.05, 0) is 93.2 Å². The monoisotopic (exact) mass is 450 g/mol. The molecular formula is C29H38O4. The lowest BCUT2D eigenvalue weighted by atomic mass is 9.48. The van der Waals surface area contributed by atoms with E-state index < -0.39 is 5.60 Å². The van der Waals surface area contributed by atoms with Crippen molar-refractivity contribution in [1.29, 1.82) is 0 Å². The number of benzene rings is 1. The molecule has 0 radical (unpaired) electrons. The molecule has 6 rings (SSSR count). The molecule has 4 fully saturated rings. The molecule has 3 atom stereocenters. The highest BCUT2D eigenvalue weighted by atomic mass is 16.7. The van der Waals surface area contributed by atoms with Crippen LogP contribution in [0.25, 0.3) is 0 Å². The predicted molar refractivity (Wildman–Crippen MR) is 130 cm³/mol. The Bertz CT molecular complexity index is 910. The quantitative estimate of drug-likeness (QED) is 0.389. The van der Waals surface area contributed by atoms with Crippen molar-refractivity contribution < 1.29 is 19.3 Å². The summed E-state index contributed by atoms with van der Waals surface area (Å²) in [6.07, 6.45) is 19.5. The molecule has 4 bridgehead atoms. The van der Waals surface area contributed by atoms with Crippen LogP contribution >= 0.6 is 0 Å². The Morgan fingerprint density at radius 1 is 1.09 bits per heavy atom. The van der Waals surface area contributed by atoms with Crippen LogP contribution in [0.1, 0.15) is 69.4 Å². The van der Waals surface area contributed by atoms with Gasteiger partial charge in [0.25, 0.3) is 0 Å². The standard InChI is InChI=1S/C29H38O4/c1-4-10-29(30)11-6-5-7-25(29)24-8-9-27(33-19-32-20(2)31-3)26(15-24)28-16-21-12-22(17-28)14-23(13-21)18-28/h4-11,15,20-23,25,30H,12-14,16-19H2,1-3H3. The number of hydrogen-bond acceptors (Lipinski definition) is 4. The molecule has 0 aromatic heterocycles. The minimum atomic E-state index is -1.01. The molecule has 1 aromatic rings. The Balaban J connectivity index is 1.52. The van der Waals surface area contributed by atoms with Gasteiger partial charge >= 0.3 is 0 Å². The summed E-state index contributed by atoms with van der Waals surface area (Å²) >= 11 is 0. The van der Waals surface area contributed by atoms with E-state index in [1.165, 1.54) is 44.1 Å². The summed E-state index contributed by atoms with van der Waals surface area (Å²) in [4.78, 5) is 0. The zero-order valence-corrected chi connectivity index (χ0v) is 20.2. The zero-order valence-electron chi connectivity index (χ0n) is 20.2. The molecule has 1 N–H and O–H groups in total. The van der Waals surface area contributed by atoms with E-state index in [4.69, 9.17) is 14.2 Å². The second-order valence-corrected chi connectivity index (χ2v) is 10.8. The van der Waals surface area contributed by atoms with Gasteiger partial charge < -0.3 is 19.3 Å². The zero-order chi connectivity index (χ0) is 23.1. The van der Waals surface area contributed by atoms with E-state index in [0.29, 0.717) is 0 Å². The van der Waals surface area contributed by atoms with Gasteiger partial charge in [-0.15, -0.1) is 0 Å². The van der Waals surface area contributed by atoms with Crippen LogP contribution in [-0.2, 0) is 14.9 Å². The fraction of sp³-hybridized carbons (Fsp3) is 0.586. The number of allylic oxidation sites excluding steroid dienone is 3. The third-order valence-electron chi connectivity index (χ3n) is 8.53. The molecule has 4 nitrogen and oxygen atoms in total. The van der Waals surface area contributed by atoms with Crippen LogP contribution in [0.15, 0.2) is 54.7 Å². The Kier molecular flexibility index (Phi) is 6.28. The van der Waals surface area contributed by atoms with E-state index in [-0.39, 0.29) is 24.4 Å². The first-order valence-corrected chi connectivity index (χ1v) is 12.6. The predicted octanol–water partition coefficient (Wildman–Crippen LogP) is 6.02. The van der Waals surface area contributed by atoms with Crippen molar-refractivity contribution in [1.82, 2.24) is 0 Å².